The average molecular weight is 580 g/mol. The lowest BCUT2D eigenvalue weighted by Gasteiger charge is -2.32. The van der Waals surface area contributed by atoms with Crippen LogP contribution in [0.1, 0.15) is 23.6 Å². The van der Waals surface area contributed by atoms with Crippen LogP contribution in [-0.2, 0) is 11.3 Å². The standard InChI is InChI=1S/C27H30BrN7O3/c1-34-9-11-35(12-10-34)16-17-5-6-19(14-23(17)28)32-26(37)31-18-3-2-4-20(13-18)38-27-30-8-7-24(33-27)21-15-22(21)25(29)36/h2-8,13-14,21-22H,9-12,15-16H2,1H3,(H2,29,36)(H2,31,32,37). The SMILES string of the molecule is CN1CCN(Cc2ccc(NC(=O)Nc3cccc(Oc4nccc(C5CC5C(N)=O)n4)c3)cc2Br)CC1. The Bertz CT molecular complexity index is 1330. The molecule has 198 valence electrons. The highest BCUT2D eigenvalue weighted by Crippen LogP contribution is 2.46. The fourth-order valence-electron chi connectivity index (χ4n) is 4.48. The Morgan fingerprint density at radius 1 is 1.08 bits per heavy atom. The molecule has 38 heavy (non-hydrogen) atoms. The number of hydrogen-bond acceptors (Lipinski definition) is 7. The zero-order valence-corrected chi connectivity index (χ0v) is 22.6. The van der Waals surface area contributed by atoms with Crippen LogP contribution in [0.25, 0.3) is 0 Å². The van der Waals surface area contributed by atoms with Crippen LogP contribution in [0.3, 0.4) is 0 Å². The van der Waals surface area contributed by atoms with Crippen LogP contribution < -0.4 is 21.1 Å². The minimum absolute atomic E-state index is 0.00966. The number of likely N-dealkylation sites (N-methyl/N-ethyl adjacent to an activating group) is 1. The predicted octanol–water partition coefficient (Wildman–Crippen LogP) is 4.01. The number of benzene rings is 2. The van der Waals surface area contributed by atoms with Gasteiger partial charge in [0.1, 0.15) is 5.75 Å². The zero-order chi connectivity index (χ0) is 26.6. The molecule has 0 bridgehead atoms. The van der Waals surface area contributed by atoms with E-state index in [1.807, 2.05) is 18.2 Å². The Labute approximate surface area is 229 Å². The molecule has 2 aromatic carbocycles. The number of primary amides is 1. The first-order chi connectivity index (χ1) is 18.3. The summed E-state index contributed by atoms with van der Waals surface area (Å²) in [4.78, 5) is 37.4. The number of hydrogen-bond donors (Lipinski definition) is 3. The fourth-order valence-corrected chi connectivity index (χ4v) is 4.99. The second-order valence-corrected chi connectivity index (χ2v) is 10.6. The summed E-state index contributed by atoms with van der Waals surface area (Å²) < 4.78 is 6.77. The van der Waals surface area contributed by atoms with E-state index >= 15 is 0 Å². The number of ether oxygens (including phenoxy) is 1. The van der Waals surface area contributed by atoms with Gasteiger partial charge in [-0.15, -0.1) is 0 Å². The van der Waals surface area contributed by atoms with Crippen LogP contribution in [-0.4, -0.2) is 64.9 Å². The van der Waals surface area contributed by atoms with E-state index in [0.717, 1.165) is 42.9 Å². The number of urea groups is 1. The lowest BCUT2D eigenvalue weighted by Crippen LogP contribution is -2.43. The number of anilines is 2. The number of rotatable bonds is 8. The van der Waals surface area contributed by atoms with Crippen molar-refractivity contribution in [2.24, 2.45) is 11.7 Å². The molecule has 10 nitrogen and oxygen atoms in total. The van der Waals surface area contributed by atoms with E-state index in [1.54, 1.807) is 36.5 Å². The largest absolute Gasteiger partial charge is 0.424 e. The summed E-state index contributed by atoms with van der Waals surface area (Å²) in [6.45, 7) is 5.10. The van der Waals surface area contributed by atoms with Gasteiger partial charge >= 0.3 is 12.0 Å². The number of nitrogens with zero attached hydrogens (tertiary/aromatic N) is 4. The van der Waals surface area contributed by atoms with Gasteiger partial charge < -0.3 is 26.0 Å². The lowest BCUT2D eigenvalue weighted by molar-refractivity contribution is -0.119. The van der Waals surface area contributed by atoms with E-state index in [4.69, 9.17) is 10.5 Å². The molecule has 5 rings (SSSR count). The van der Waals surface area contributed by atoms with Gasteiger partial charge in [0.2, 0.25) is 5.91 Å². The summed E-state index contributed by atoms with van der Waals surface area (Å²) in [5.74, 6) is -0.0201. The summed E-state index contributed by atoms with van der Waals surface area (Å²) in [5.41, 5.74) is 8.54. The van der Waals surface area contributed by atoms with Crippen molar-refractivity contribution < 1.29 is 14.3 Å². The van der Waals surface area contributed by atoms with Gasteiger partial charge in [-0.05, 0) is 49.4 Å². The first-order valence-electron chi connectivity index (χ1n) is 12.5. The second-order valence-electron chi connectivity index (χ2n) is 9.71. The maximum absolute atomic E-state index is 12.7. The molecule has 2 heterocycles. The molecule has 1 saturated heterocycles. The monoisotopic (exact) mass is 579 g/mol. The van der Waals surface area contributed by atoms with Gasteiger partial charge in [0.15, 0.2) is 0 Å². The Morgan fingerprint density at radius 3 is 2.55 bits per heavy atom. The highest BCUT2D eigenvalue weighted by atomic mass is 79.9. The summed E-state index contributed by atoms with van der Waals surface area (Å²) >= 11 is 3.65. The van der Waals surface area contributed by atoms with E-state index in [0.29, 0.717) is 23.5 Å². The molecule has 1 aliphatic carbocycles. The normalized spacial score (nSPS) is 19.5. The molecule has 1 saturated carbocycles. The Hall–Kier alpha value is -3.54. The number of aromatic nitrogens is 2. The summed E-state index contributed by atoms with van der Waals surface area (Å²) in [5, 5.41) is 5.70. The average Bonchev–Trinajstić information content (AvgIpc) is 3.69. The fraction of sp³-hybridized carbons (Fsp3) is 0.333. The molecule has 0 spiro atoms. The molecule has 3 aromatic rings. The molecule has 2 aliphatic rings. The smallest absolute Gasteiger partial charge is 0.323 e. The van der Waals surface area contributed by atoms with Gasteiger partial charge in [-0.2, -0.15) is 4.98 Å². The number of amides is 3. The summed E-state index contributed by atoms with van der Waals surface area (Å²) in [6.07, 6.45) is 2.29. The number of nitrogens with two attached hydrogens (primary N) is 1. The third-order valence-corrected chi connectivity index (χ3v) is 7.53. The summed E-state index contributed by atoms with van der Waals surface area (Å²) in [6, 6.07) is 14.4. The van der Waals surface area contributed by atoms with Crippen LogP contribution >= 0.6 is 15.9 Å². The van der Waals surface area contributed by atoms with Crippen molar-refractivity contribution in [3.63, 3.8) is 0 Å². The van der Waals surface area contributed by atoms with E-state index in [1.165, 1.54) is 5.56 Å². The highest BCUT2D eigenvalue weighted by Gasteiger charge is 2.44. The number of piperazine rings is 1. The molecule has 3 amide bonds. The molecule has 2 unspecified atom stereocenters. The third-order valence-electron chi connectivity index (χ3n) is 6.79. The molecule has 4 N–H and O–H groups in total. The van der Waals surface area contributed by atoms with Crippen molar-refractivity contribution in [1.82, 2.24) is 19.8 Å². The molecule has 1 aliphatic heterocycles. The highest BCUT2D eigenvalue weighted by molar-refractivity contribution is 9.10. The zero-order valence-electron chi connectivity index (χ0n) is 21.1. The van der Waals surface area contributed by atoms with Crippen molar-refractivity contribution >= 4 is 39.2 Å². The topological polar surface area (TPSA) is 126 Å². The van der Waals surface area contributed by atoms with Gasteiger partial charge in [-0.3, -0.25) is 9.69 Å². The van der Waals surface area contributed by atoms with Crippen LogP contribution in [0.5, 0.6) is 11.8 Å². The molecule has 2 atom stereocenters. The molecule has 1 aromatic heterocycles. The van der Waals surface area contributed by atoms with Crippen molar-refractivity contribution in [3.05, 3.63) is 70.5 Å². The van der Waals surface area contributed by atoms with Crippen molar-refractivity contribution in [1.29, 1.82) is 0 Å². The Balaban J connectivity index is 1.16. The van der Waals surface area contributed by atoms with Crippen molar-refractivity contribution in [3.8, 4) is 11.8 Å². The molecular weight excluding hydrogens is 550 g/mol. The minimum Gasteiger partial charge on any atom is -0.424 e. The second kappa shape index (κ2) is 11.5. The summed E-state index contributed by atoms with van der Waals surface area (Å²) in [7, 11) is 2.15. The number of carbonyl (C=O) groups is 2. The van der Waals surface area contributed by atoms with E-state index < -0.39 is 0 Å². The van der Waals surface area contributed by atoms with Crippen LogP contribution in [0.4, 0.5) is 16.2 Å². The first-order valence-corrected chi connectivity index (χ1v) is 13.3. The van der Waals surface area contributed by atoms with Crippen LogP contribution in [0.15, 0.2) is 59.2 Å². The van der Waals surface area contributed by atoms with Crippen LogP contribution in [0, 0.1) is 5.92 Å². The van der Waals surface area contributed by atoms with Crippen molar-refractivity contribution in [2.75, 3.05) is 43.9 Å². The quantitative estimate of drug-likeness (QED) is 0.368. The number of halogens is 1. The van der Waals surface area contributed by atoms with E-state index in [2.05, 4.69) is 53.4 Å². The van der Waals surface area contributed by atoms with Gasteiger partial charge in [0.05, 0.1) is 5.69 Å². The molecule has 11 heteroatoms. The Kier molecular flexibility index (Phi) is 7.87. The van der Waals surface area contributed by atoms with Gasteiger partial charge in [0, 0.05) is 72.7 Å². The maximum Gasteiger partial charge on any atom is 0.323 e. The van der Waals surface area contributed by atoms with Crippen molar-refractivity contribution in [2.45, 2.75) is 18.9 Å². The Morgan fingerprint density at radius 2 is 1.84 bits per heavy atom. The maximum atomic E-state index is 12.7. The van der Waals surface area contributed by atoms with Crippen LogP contribution in [0.2, 0.25) is 0 Å². The van der Waals surface area contributed by atoms with E-state index in [9.17, 15) is 9.59 Å². The predicted molar refractivity (Wildman–Crippen MR) is 148 cm³/mol. The first kappa shape index (κ1) is 26.1. The minimum atomic E-state index is -0.370. The van der Waals surface area contributed by atoms with Gasteiger partial charge in [-0.25, -0.2) is 9.78 Å². The van der Waals surface area contributed by atoms with Gasteiger partial charge in [0.25, 0.3) is 0 Å². The third kappa shape index (κ3) is 6.66. The number of nitrogens with one attached hydrogen (secondary N) is 2. The van der Waals surface area contributed by atoms with E-state index in [-0.39, 0.29) is 29.8 Å². The lowest BCUT2D eigenvalue weighted by atomic mass is 10.2. The molecule has 0 radical (unpaired) electrons. The number of carbonyl (C=O) groups excluding carboxylic acids is 2. The van der Waals surface area contributed by atoms with Gasteiger partial charge in [-0.1, -0.05) is 28.1 Å². The molecular formula is C27H30BrN7O3. The molecule has 2 fully saturated rings.